The van der Waals surface area contributed by atoms with E-state index in [1.54, 1.807) is 19.1 Å². The van der Waals surface area contributed by atoms with Crippen molar-refractivity contribution in [3.8, 4) is 0 Å². The normalized spacial score (nSPS) is 10.4. The molecular weight excluding hydrogens is 405 g/mol. The van der Waals surface area contributed by atoms with Crippen molar-refractivity contribution in [2.45, 2.75) is 20.3 Å². The quantitative estimate of drug-likeness (QED) is 0.515. The van der Waals surface area contributed by atoms with Crippen LogP contribution in [0, 0.1) is 17.0 Å². The summed E-state index contributed by atoms with van der Waals surface area (Å²) >= 11 is 11.9. The van der Waals surface area contributed by atoms with Gasteiger partial charge in [0.2, 0.25) is 5.91 Å². The molecule has 0 unspecified atom stereocenters. The summed E-state index contributed by atoms with van der Waals surface area (Å²) in [4.78, 5) is 37.1. The average Bonchev–Trinajstić information content (AvgIpc) is 2.63. The molecule has 1 N–H and O–H groups in total. The van der Waals surface area contributed by atoms with E-state index in [0.29, 0.717) is 29.2 Å². The van der Waals surface area contributed by atoms with Crippen molar-refractivity contribution in [1.29, 1.82) is 0 Å². The monoisotopic (exact) mass is 423 g/mol. The number of nitrogens with one attached hydrogen (secondary N) is 1. The Labute approximate surface area is 172 Å². The Kier molecular flexibility index (Phi) is 7.37. The number of rotatable bonds is 7. The Balaban J connectivity index is 2.18. The fraction of sp³-hybridized carbons (Fsp3) is 0.263. The first-order valence-electron chi connectivity index (χ1n) is 8.52. The van der Waals surface area contributed by atoms with Gasteiger partial charge in [0.1, 0.15) is 6.54 Å². The van der Waals surface area contributed by atoms with Crippen LogP contribution in [0.1, 0.15) is 29.3 Å². The van der Waals surface area contributed by atoms with Gasteiger partial charge in [-0.05, 0) is 37.6 Å². The van der Waals surface area contributed by atoms with Gasteiger partial charge in [-0.25, -0.2) is 0 Å². The van der Waals surface area contributed by atoms with Crippen LogP contribution in [0.4, 0.5) is 11.4 Å². The molecule has 2 amide bonds. The molecule has 2 aromatic carbocycles. The summed E-state index contributed by atoms with van der Waals surface area (Å²) in [5, 5.41) is 14.5. The van der Waals surface area contributed by atoms with Gasteiger partial charge in [-0.3, -0.25) is 19.7 Å². The predicted molar refractivity (Wildman–Crippen MR) is 109 cm³/mol. The summed E-state index contributed by atoms with van der Waals surface area (Å²) in [6.45, 7) is 3.57. The topological polar surface area (TPSA) is 92.6 Å². The molecule has 7 nitrogen and oxygen atoms in total. The molecule has 2 rings (SSSR count). The SMILES string of the molecule is CCCN(CC(=O)Nc1ccc(Cl)cc1Cl)C(=O)c1ccc(C)c([N+](=O)[O-])c1. The first-order valence-corrected chi connectivity index (χ1v) is 9.27. The fourth-order valence-electron chi connectivity index (χ4n) is 2.60. The number of carbonyl (C=O) groups is 2. The number of nitrogens with zero attached hydrogens (tertiary/aromatic N) is 2. The van der Waals surface area contributed by atoms with Crippen LogP contribution in [-0.4, -0.2) is 34.7 Å². The van der Waals surface area contributed by atoms with Crippen LogP contribution in [0.2, 0.25) is 10.0 Å². The highest BCUT2D eigenvalue weighted by molar-refractivity contribution is 6.36. The highest BCUT2D eigenvalue weighted by Gasteiger charge is 2.21. The second kappa shape index (κ2) is 9.52. The Morgan fingerprint density at radius 3 is 2.50 bits per heavy atom. The maximum absolute atomic E-state index is 12.8. The molecule has 148 valence electrons. The Morgan fingerprint density at radius 1 is 1.18 bits per heavy atom. The van der Waals surface area contributed by atoms with E-state index in [-0.39, 0.29) is 22.8 Å². The third-order valence-electron chi connectivity index (χ3n) is 3.97. The molecule has 2 aromatic rings. The predicted octanol–water partition coefficient (Wildman–Crippen LogP) is 4.70. The number of benzene rings is 2. The van der Waals surface area contributed by atoms with E-state index in [0.717, 1.165) is 0 Å². The maximum Gasteiger partial charge on any atom is 0.273 e. The molecule has 9 heteroatoms. The summed E-state index contributed by atoms with van der Waals surface area (Å²) in [6, 6.07) is 8.92. The molecule has 0 aliphatic rings. The Bertz CT molecular complexity index is 918. The van der Waals surface area contributed by atoms with Gasteiger partial charge in [0.15, 0.2) is 0 Å². The highest BCUT2D eigenvalue weighted by atomic mass is 35.5. The summed E-state index contributed by atoms with van der Waals surface area (Å²) in [5.74, 6) is -0.894. The molecule has 0 bridgehead atoms. The van der Waals surface area contributed by atoms with Crippen LogP contribution in [-0.2, 0) is 4.79 Å². The minimum absolute atomic E-state index is 0.139. The Morgan fingerprint density at radius 2 is 1.89 bits per heavy atom. The van der Waals surface area contributed by atoms with Gasteiger partial charge in [-0.2, -0.15) is 0 Å². The van der Waals surface area contributed by atoms with Gasteiger partial charge >= 0.3 is 0 Å². The molecule has 0 heterocycles. The molecule has 28 heavy (non-hydrogen) atoms. The number of aryl methyl sites for hydroxylation is 1. The third kappa shape index (κ3) is 5.43. The van der Waals surface area contributed by atoms with Gasteiger partial charge in [0, 0.05) is 28.8 Å². The maximum atomic E-state index is 12.8. The van der Waals surface area contributed by atoms with Crippen molar-refractivity contribution in [3.63, 3.8) is 0 Å². The summed E-state index contributed by atoms with van der Waals surface area (Å²) in [7, 11) is 0. The number of hydrogen-bond donors (Lipinski definition) is 1. The van der Waals surface area contributed by atoms with E-state index < -0.39 is 16.7 Å². The summed E-state index contributed by atoms with van der Waals surface area (Å²) in [5.41, 5.74) is 0.854. The third-order valence-corrected chi connectivity index (χ3v) is 4.52. The molecule has 0 aliphatic heterocycles. The number of nitro benzene ring substituents is 1. The molecule has 0 fully saturated rings. The molecule has 0 spiro atoms. The second-order valence-electron chi connectivity index (χ2n) is 6.16. The lowest BCUT2D eigenvalue weighted by molar-refractivity contribution is -0.385. The highest BCUT2D eigenvalue weighted by Crippen LogP contribution is 2.25. The van der Waals surface area contributed by atoms with Crippen molar-refractivity contribution >= 4 is 46.4 Å². The van der Waals surface area contributed by atoms with Gasteiger partial charge in [-0.15, -0.1) is 0 Å². The molecule has 0 aliphatic carbocycles. The van der Waals surface area contributed by atoms with Gasteiger partial charge in [-0.1, -0.05) is 36.2 Å². The first-order chi connectivity index (χ1) is 13.2. The summed E-state index contributed by atoms with van der Waals surface area (Å²) < 4.78 is 0. The van der Waals surface area contributed by atoms with Crippen molar-refractivity contribution in [2.24, 2.45) is 0 Å². The van der Waals surface area contributed by atoms with E-state index in [1.165, 1.54) is 29.2 Å². The largest absolute Gasteiger partial charge is 0.329 e. The molecule has 0 radical (unpaired) electrons. The van der Waals surface area contributed by atoms with E-state index in [2.05, 4.69) is 5.32 Å². The van der Waals surface area contributed by atoms with E-state index in [9.17, 15) is 19.7 Å². The standard InChI is InChI=1S/C19H19Cl2N3O4/c1-3-8-23(11-18(25)22-16-7-6-14(20)10-15(16)21)19(26)13-5-4-12(2)17(9-13)24(27)28/h4-7,9-10H,3,8,11H2,1-2H3,(H,22,25). The average molecular weight is 424 g/mol. The van der Waals surface area contributed by atoms with Crippen molar-refractivity contribution in [2.75, 3.05) is 18.4 Å². The minimum Gasteiger partial charge on any atom is -0.329 e. The van der Waals surface area contributed by atoms with Crippen LogP contribution >= 0.6 is 23.2 Å². The Hall–Kier alpha value is -2.64. The van der Waals surface area contributed by atoms with Crippen LogP contribution in [0.15, 0.2) is 36.4 Å². The second-order valence-corrected chi connectivity index (χ2v) is 7.00. The molecule has 0 aromatic heterocycles. The first kappa shape index (κ1) is 21.7. The number of anilines is 1. The van der Waals surface area contributed by atoms with E-state index in [4.69, 9.17) is 23.2 Å². The molecular formula is C19H19Cl2N3O4. The zero-order valence-corrected chi connectivity index (χ0v) is 16.9. The lowest BCUT2D eigenvalue weighted by Gasteiger charge is -2.22. The van der Waals surface area contributed by atoms with Crippen LogP contribution in [0.3, 0.4) is 0 Å². The number of halogens is 2. The van der Waals surface area contributed by atoms with Crippen LogP contribution in [0.25, 0.3) is 0 Å². The van der Waals surface area contributed by atoms with Gasteiger partial charge < -0.3 is 10.2 Å². The molecule has 0 saturated carbocycles. The van der Waals surface area contributed by atoms with Crippen LogP contribution < -0.4 is 5.32 Å². The van der Waals surface area contributed by atoms with Crippen molar-refractivity contribution in [1.82, 2.24) is 4.90 Å². The number of amides is 2. The lowest BCUT2D eigenvalue weighted by Crippen LogP contribution is -2.38. The minimum atomic E-state index is -0.536. The summed E-state index contributed by atoms with van der Waals surface area (Å²) in [6.07, 6.45) is 0.620. The lowest BCUT2D eigenvalue weighted by atomic mass is 10.1. The van der Waals surface area contributed by atoms with Crippen LogP contribution in [0.5, 0.6) is 0 Å². The van der Waals surface area contributed by atoms with Crippen molar-refractivity contribution < 1.29 is 14.5 Å². The number of nitro groups is 1. The molecule has 0 saturated heterocycles. The van der Waals surface area contributed by atoms with E-state index in [1.807, 2.05) is 6.92 Å². The van der Waals surface area contributed by atoms with Gasteiger partial charge in [0.25, 0.3) is 11.6 Å². The smallest absolute Gasteiger partial charge is 0.273 e. The molecule has 0 atom stereocenters. The number of hydrogen-bond acceptors (Lipinski definition) is 4. The fourth-order valence-corrected chi connectivity index (χ4v) is 3.05. The van der Waals surface area contributed by atoms with Gasteiger partial charge in [0.05, 0.1) is 15.6 Å². The zero-order valence-electron chi connectivity index (χ0n) is 15.4. The van der Waals surface area contributed by atoms with Crippen molar-refractivity contribution in [3.05, 3.63) is 67.7 Å². The van der Waals surface area contributed by atoms with E-state index >= 15 is 0 Å². The number of carbonyl (C=O) groups excluding carboxylic acids is 2. The zero-order chi connectivity index (χ0) is 20.8.